The number of nitrogens with zero attached hydrogens (tertiary/aromatic N) is 1. The highest BCUT2D eigenvalue weighted by atomic mass is 16.6. The first-order valence-corrected chi connectivity index (χ1v) is 8.14. The molecule has 0 aromatic heterocycles. The Balaban J connectivity index is 2.41. The topological polar surface area (TPSA) is 87.7 Å². The van der Waals surface area contributed by atoms with Gasteiger partial charge in [0, 0.05) is 39.2 Å². The van der Waals surface area contributed by atoms with Gasteiger partial charge in [0.05, 0.1) is 0 Å². The summed E-state index contributed by atoms with van der Waals surface area (Å²) in [4.78, 5) is 36.7. The summed E-state index contributed by atoms with van der Waals surface area (Å²) >= 11 is 0. The molecule has 0 radical (unpaired) electrons. The fourth-order valence-corrected chi connectivity index (χ4v) is 2.04. The lowest BCUT2D eigenvalue weighted by Gasteiger charge is -2.20. The second kappa shape index (κ2) is 9.05. The normalized spacial score (nSPS) is 10.8. The number of nitrogens with one attached hydrogen (secondary N) is 2. The molecule has 7 nitrogen and oxygen atoms in total. The van der Waals surface area contributed by atoms with Crippen molar-refractivity contribution in [3.05, 3.63) is 35.4 Å². The highest BCUT2D eigenvalue weighted by Gasteiger charge is 2.16. The molecule has 0 unspecified atom stereocenters. The van der Waals surface area contributed by atoms with Gasteiger partial charge in [-0.1, -0.05) is 12.1 Å². The Morgan fingerprint density at radius 3 is 2.24 bits per heavy atom. The summed E-state index contributed by atoms with van der Waals surface area (Å²) in [5, 5.41) is 5.12. The summed E-state index contributed by atoms with van der Waals surface area (Å²) in [6, 6.07) is 7.06. The monoisotopic (exact) mass is 349 g/mol. The average Bonchev–Trinajstić information content (AvgIpc) is 2.52. The van der Waals surface area contributed by atoms with Crippen LogP contribution in [0.2, 0.25) is 0 Å². The second-order valence-electron chi connectivity index (χ2n) is 6.70. The van der Waals surface area contributed by atoms with E-state index in [9.17, 15) is 14.4 Å². The SMILES string of the molecule is CNC(=O)c1ccc(CN(C)C(=O)CCNC(=O)OC(C)(C)C)cc1. The lowest BCUT2D eigenvalue weighted by Crippen LogP contribution is -2.35. The van der Waals surface area contributed by atoms with Crippen molar-refractivity contribution in [2.75, 3.05) is 20.6 Å². The number of rotatable bonds is 6. The number of hydrogen-bond donors (Lipinski definition) is 2. The highest BCUT2D eigenvalue weighted by Crippen LogP contribution is 2.08. The van der Waals surface area contributed by atoms with E-state index in [1.165, 1.54) is 0 Å². The first-order chi connectivity index (χ1) is 11.6. The molecule has 0 aliphatic heterocycles. The maximum atomic E-state index is 12.1. The molecule has 0 heterocycles. The summed E-state index contributed by atoms with van der Waals surface area (Å²) in [6.45, 7) is 5.98. The summed E-state index contributed by atoms with van der Waals surface area (Å²) in [5.74, 6) is -0.240. The smallest absolute Gasteiger partial charge is 0.407 e. The maximum Gasteiger partial charge on any atom is 0.407 e. The third kappa shape index (κ3) is 7.69. The zero-order valence-corrected chi connectivity index (χ0v) is 15.5. The fraction of sp³-hybridized carbons (Fsp3) is 0.500. The minimum Gasteiger partial charge on any atom is -0.444 e. The van der Waals surface area contributed by atoms with Crippen molar-refractivity contribution in [2.45, 2.75) is 39.3 Å². The third-order valence-electron chi connectivity index (χ3n) is 3.30. The highest BCUT2D eigenvalue weighted by molar-refractivity contribution is 5.93. The predicted molar refractivity (Wildman–Crippen MR) is 95.2 cm³/mol. The van der Waals surface area contributed by atoms with E-state index < -0.39 is 11.7 Å². The molecule has 0 spiro atoms. The molecule has 0 atom stereocenters. The van der Waals surface area contributed by atoms with Crippen molar-refractivity contribution >= 4 is 17.9 Å². The Morgan fingerprint density at radius 1 is 1.12 bits per heavy atom. The van der Waals surface area contributed by atoms with Gasteiger partial charge in [0.25, 0.3) is 5.91 Å². The van der Waals surface area contributed by atoms with E-state index in [2.05, 4.69) is 10.6 Å². The Hall–Kier alpha value is -2.57. The van der Waals surface area contributed by atoms with Crippen molar-refractivity contribution in [1.82, 2.24) is 15.5 Å². The Bertz CT molecular complexity index is 606. The van der Waals surface area contributed by atoms with Gasteiger partial charge >= 0.3 is 6.09 Å². The van der Waals surface area contributed by atoms with Gasteiger partial charge in [0.2, 0.25) is 5.91 Å². The van der Waals surface area contributed by atoms with Gasteiger partial charge in [-0.05, 0) is 38.5 Å². The number of hydrogen-bond acceptors (Lipinski definition) is 4. The van der Waals surface area contributed by atoms with E-state index in [1.807, 2.05) is 12.1 Å². The van der Waals surface area contributed by atoms with Crippen LogP contribution in [0.5, 0.6) is 0 Å². The largest absolute Gasteiger partial charge is 0.444 e. The molecular weight excluding hydrogens is 322 g/mol. The van der Waals surface area contributed by atoms with Crippen LogP contribution in [0.15, 0.2) is 24.3 Å². The van der Waals surface area contributed by atoms with Crippen LogP contribution in [0.4, 0.5) is 4.79 Å². The molecule has 3 amide bonds. The predicted octanol–water partition coefficient (Wildman–Crippen LogP) is 1.92. The van der Waals surface area contributed by atoms with Gasteiger partial charge < -0.3 is 20.3 Å². The second-order valence-corrected chi connectivity index (χ2v) is 6.70. The summed E-state index contributed by atoms with van der Waals surface area (Å²) < 4.78 is 5.11. The number of benzene rings is 1. The van der Waals surface area contributed by atoms with Crippen LogP contribution in [0.3, 0.4) is 0 Å². The lowest BCUT2D eigenvalue weighted by molar-refractivity contribution is -0.130. The molecule has 0 aliphatic carbocycles. The molecule has 0 fully saturated rings. The van der Waals surface area contributed by atoms with Gasteiger partial charge in [-0.3, -0.25) is 9.59 Å². The number of ether oxygens (including phenoxy) is 1. The Morgan fingerprint density at radius 2 is 1.72 bits per heavy atom. The van der Waals surface area contributed by atoms with Crippen molar-refractivity contribution in [2.24, 2.45) is 0 Å². The van der Waals surface area contributed by atoms with Gasteiger partial charge in [-0.25, -0.2) is 4.79 Å². The molecule has 7 heteroatoms. The molecule has 1 rings (SSSR count). The van der Waals surface area contributed by atoms with Crippen LogP contribution in [-0.2, 0) is 16.1 Å². The standard InChI is InChI=1S/C18H27N3O4/c1-18(2,3)25-17(24)20-11-10-15(22)21(5)12-13-6-8-14(9-7-13)16(23)19-4/h6-9H,10-12H2,1-5H3,(H,19,23)(H,20,24). The van der Waals surface area contributed by atoms with Crippen LogP contribution in [0, 0.1) is 0 Å². The Labute approximate surface area is 148 Å². The molecule has 0 aliphatic rings. The molecule has 0 saturated carbocycles. The number of carbonyl (C=O) groups is 3. The zero-order valence-electron chi connectivity index (χ0n) is 15.5. The third-order valence-corrected chi connectivity index (χ3v) is 3.30. The molecular formula is C18H27N3O4. The van der Waals surface area contributed by atoms with E-state index >= 15 is 0 Å². The van der Waals surface area contributed by atoms with Gasteiger partial charge in [0.1, 0.15) is 5.60 Å². The minimum atomic E-state index is -0.564. The number of alkyl carbamates (subject to hydrolysis) is 1. The maximum absolute atomic E-state index is 12.1. The van der Waals surface area contributed by atoms with Crippen molar-refractivity contribution in [3.63, 3.8) is 0 Å². The lowest BCUT2D eigenvalue weighted by atomic mass is 10.1. The molecule has 1 aromatic rings. The van der Waals surface area contributed by atoms with Crippen LogP contribution >= 0.6 is 0 Å². The van der Waals surface area contributed by atoms with Crippen molar-refractivity contribution < 1.29 is 19.1 Å². The Kier molecular flexibility index (Phi) is 7.42. The first-order valence-electron chi connectivity index (χ1n) is 8.14. The van der Waals surface area contributed by atoms with Gasteiger partial charge in [0.15, 0.2) is 0 Å². The quantitative estimate of drug-likeness (QED) is 0.821. The molecule has 2 N–H and O–H groups in total. The van der Waals surface area contributed by atoms with Crippen LogP contribution in [0.25, 0.3) is 0 Å². The number of carbonyl (C=O) groups excluding carboxylic acids is 3. The molecule has 25 heavy (non-hydrogen) atoms. The fourth-order valence-electron chi connectivity index (χ4n) is 2.04. The van der Waals surface area contributed by atoms with E-state index in [0.717, 1.165) is 5.56 Å². The average molecular weight is 349 g/mol. The molecule has 138 valence electrons. The minimum absolute atomic E-state index is 0.0913. The zero-order chi connectivity index (χ0) is 19.0. The van der Waals surface area contributed by atoms with E-state index in [-0.39, 0.29) is 24.8 Å². The van der Waals surface area contributed by atoms with E-state index in [4.69, 9.17) is 4.74 Å². The van der Waals surface area contributed by atoms with Crippen LogP contribution < -0.4 is 10.6 Å². The van der Waals surface area contributed by atoms with Gasteiger partial charge in [-0.15, -0.1) is 0 Å². The molecule has 0 bridgehead atoms. The van der Waals surface area contributed by atoms with Gasteiger partial charge in [-0.2, -0.15) is 0 Å². The van der Waals surface area contributed by atoms with E-state index in [0.29, 0.717) is 12.1 Å². The summed E-state index contributed by atoms with van der Waals surface area (Å²) in [7, 11) is 3.27. The van der Waals surface area contributed by atoms with Crippen molar-refractivity contribution in [1.29, 1.82) is 0 Å². The van der Waals surface area contributed by atoms with Crippen LogP contribution in [0.1, 0.15) is 43.1 Å². The first kappa shape index (κ1) is 20.5. The summed E-state index contributed by atoms with van der Waals surface area (Å²) in [6.07, 6.45) is -0.348. The molecule has 1 aromatic carbocycles. The number of amides is 3. The van der Waals surface area contributed by atoms with E-state index in [1.54, 1.807) is 51.9 Å². The molecule has 0 saturated heterocycles. The van der Waals surface area contributed by atoms with Crippen LogP contribution in [-0.4, -0.2) is 49.0 Å². The van der Waals surface area contributed by atoms with Crippen molar-refractivity contribution in [3.8, 4) is 0 Å². The summed E-state index contributed by atoms with van der Waals surface area (Å²) in [5.41, 5.74) is 0.927.